The van der Waals surface area contributed by atoms with Crippen molar-refractivity contribution in [2.45, 2.75) is 41.5 Å². The molecule has 12 N–H and O–H groups in total. The van der Waals surface area contributed by atoms with Crippen LogP contribution >= 0.6 is 27.5 Å². The van der Waals surface area contributed by atoms with Crippen LogP contribution in [0.2, 0.25) is 5.02 Å². The summed E-state index contributed by atoms with van der Waals surface area (Å²) in [4.78, 5) is 45.5. The zero-order valence-electron chi connectivity index (χ0n) is 29.9. The van der Waals surface area contributed by atoms with Crippen molar-refractivity contribution in [1.29, 1.82) is 0 Å². The minimum atomic E-state index is -0.508. The molecule has 0 spiro atoms. The molecule has 0 aliphatic carbocycles. The van der Waals surface area contributed by atoms with Crippen LogP contribution in [0, 0.1) is 47.4 Å². The van der Waals surface area contributed by atoms with Gasteiger partial charge in [0.2, 0.25) is 0 Å². The SMILES string of the molecule is CN=C(N)NC(=O)Nc1c(C)cc(Br)cc1C.CN=C(N)NC(=O)Nc1c(C)cc(Cl)cc1C.CN=C(N)NC(=O)Nc1c(C)cc(F)cc1C. The van der Waals surface area contributed by atoms with Crippen LogP contribution in [0.5, 0.6) is 0 Å². The number of nitrogens with zero attached hydrogens (tertiary/aromatic N) is 3. The summed E-state index contributed by atoms with van der Waals surface area (Å²) in [6.45, 7) is 11.0. The fraction of sp³-hybridized carbons (Fsp3) is 0.273. The van der Waals surface area contributed by atoms with Gasteiger partial charge in [-0.25, -0.2) is 18.8 Å². The molecule has 0 aliphatic rings. The predicted octanol–water partition coefficient (Wildman–Crippen LogP) is 5.66. The van der Waals surface area contributed by atoms with Crippen molar-refractivity contribution in [2.24, 2.45) is 32.2 Å². The van der Waals surface area contributed by atoms with E-state index in [1.54, 1.807) is 26.0 Å². The van der Waals surface area contributed by atoms with Crippen LogP contribution in [0.15, 0.2) is 55.8 Å². The molecular formula is C33H45BrClFN12O3. The van der Waals surface area contributed by atoms with Gasteiger partial charge in [-0.3, -0.25) is 30.9 Å². The lowest BCUT2D eigenvalue weighted by Gasteiger charge is -2.12. The number of nitrogens with one attached hydrogen (secondary N) is 6. The van der Waals surface area contributed by atoms with Crippen LogP contribution < -0.4 is 49.1 Å². The molecule has 0 aromatic heterocycles. The summed E-state index contributed by atoms with van der Waals surface area (Å²) in [5.74, 6) is -0.179. The molecule has 18 heteroatoms. The Morgan fingerprint density at radius 3 is 1.10 bits per heavy atom. The average molecular weight is 792 g/mol. The normalized spacial score (nSPS) is 11.2. The monoisotopic (exact) mass is 790 g/mol. The molecule has 0 saturated heterocycles. The van der Waals surface area contributed by atoms with E-state index in [0.29, 0.717) is 21.8 Å². The summed E-state index contributed by atoms with van der Waals surface area (Å²) in [6, 6.07) is 8.77. The topological polar surface area (TPSA) is 239 Å². The molecule has 0 radical (unpaired) electrons. The summed E-state index contributed by atoms with van der Waals surface area (Å²) < 4.78 is 14.0. The first-order valence-corrected chi connectivity index (χ1v) is 16.2. The predicted molar refractivity (Wildman–Crippen MR) is 210 cm³/mol. The Labute approximate surface area is 310 Å². The molecule has 0 fully saturated rings. The molecule has 0 bridgehead atoms. The van der Waals surface area contributed by atoms with Crippen LogP contribution in [-0.4, -0.2) is 57.1 Å². The number of carbonyl (C=O) groups excluding carboxylic acids is 3. The summed E-state index contributed by atoms with van der Waals surface area (Å²) in [7, 11) is 4.46. The van der Waals surface area contributed by atoms with Crippen molar-refractivity contribution >= 4 is 80.6 Å². The molecule has 3 aromatic rings. The van der Waals surface area contributed by atoms with Crippen LogP contribution in [-0.2, 0) is 0 Å². The van der Waals surface area contributed by atoms with Crippen molar-refractivity contribution < 1.29 is 18.8 Å². The van der Waals surface area contributed by atoms with Crippen molar-refractivity contribution in [2.75, 3.05) is 37.1 Å². The Balaban J connectivity index is 0.000000382. The summed E-state index contributed by atoms with van der Waals surface area (Å²) in [5.41, 5.74) is 23.2. The van der Waals surface area contributed by atoms with Crippen LogP contribution in [0.1, 0.15) is 33.4 Å². The van der Waals surface area contributed by atoms with Crippen LogP contribution in [0.3, 0.4) is 0 Å². The van der Waals surface area contributed by atoms with Gasteiger partial charge in [0, 0.05) is 47.7 Å². The first-order valence-electron chi connectivity index (χ1n) is 15.0. The number of halogens is 3. The summed E-state index contributed by atoms with van der Waals surface area (Å²) in [6.07, 6.45) is 0. The van der Waals surface area contributed by atoms with E-state index in [2.05, 4.69) is 62.8 Å². The zero-order valence-corrected chi connectivity index (χ0v) is 32.2. The van der Waals surface area contributed by atoms with Gasteiger partial charge in [0.1, 0.15) is 5.82 Å². The molecule has 15 nitrogen and oxygen atoms in total. The van der Waals surface area contributed by atoms with Crippen LogP contribution in [0.25, 0.3) is 0 Å². The quantitative estimate of drug-likeness (QED) is 0.120. The number of hydrogen-bond acceptors (Lipinski definition) is 6. The first kappa shape index (κ1) is 43.6. The molecular weight excluding hydrogens is 747 g/mol. The Morgan fingerprint density at radius 1 is 0.569 bits per heavy atom. The molecule has 0 heterocycles. The van der Waals surface area contributed by atoms with Crippen molar-refractivity contribution in [3.63, 3.8) is 0 Å². The van der Waals surface area contributed by atoms with E-state index < -0.39 is 18.1 Å². The van der Waals surface area contributed by atoms with Crippen molar-refractivity contribution in [1.82, 2.24) is 16.0 Å². The number of benzene rings is 3. The average Bonchev–Trinajstić information content (AvgIpc) is 3.02. The molecule has 0 unspecified atom stereocenters. The molecule has 3 aromatic carbocycles. The Bertz CT molecular complexity index is 1560. The highest BCUT2D eigenvalue weighted by Crippen LogP contribution is 2.26. The van der Waals surface area contributed by atoms with E-state index in [1.807, 2.05) is 39.8 Å². The summed E-state index contributed by atoms with van der Waals surface area (Å²) in [5, 5.41) is 15.8. The number of aryl methyl sites for hydroxylation is 6. The van der Waals surface area contributed by atoms with Gasteiger partial charge in [-0.15, -0.1) is 0 Å². The molecule has 0 aliphatic heterocycles. The Hall–Kier alpha value is -5.42. The van der Waals surface area contributed by atoms with E-state index in [4.69, 9.17) is 28.8 Å². The number of amides is 6. The standard InChI is InChI=1S/C11H15BrN4O.C11H15ClN4O.C11H15FN4O/c3*1-6-4-8(12)5-7(2)9(6)15-11(17)16-10(13)14-3/h3*4-5H,1-3H3,(H4,13,14,15,16,17). The highest BCUT2D eigenvalue weighted by Gasteiger charge is 2.11. The number of guanidine groups is 3. The third kappa shape index (κ3) is 15.3. The molecule has 0 saturated carbocycles. The number of aliphatic imine (C=N–C) groups is 3. The molecule has 3 rings (SSSR count). The van der Waals surface area contributed by atoms with Gasteiger partial charge >= 0.3 is 18.1 Å². The van der Waals surface area contributed by atoms with Gasteiger partial charge in [-0.2, -0.15) is 0 Å². The van der Waals surface area contributed by atoms with E-state index in [0.717, 1.165) is 38.1 Å². The van der Waals surface area contributed by atoms with Gasteiger partial charge in [-0.05, 0) is 111 Å². The number of carbonyl (C=O) groups is 3. The first-order chi connectivity index (χ1) is 23.8. The maximum Gasteiger partial charge on any atom is 0.326 e. The minimum absolute atomic E-state index is 0.0138. The lowest BCUT2D eigenvalue weighted by atomic mass is 10.1. The fourth-order valence-electron chi connectivity index (χ4n) is 4.27. The lowest BCUT2D eigenvalue weighted by Crippen LogP contribution is -2.39. The van der Waals surface area contributed by atoms with E-state index in [1.165, 1.54) is 33.3 Å². The largest absolute Gasteiger partial charge is 0.370 e. The van der Waals surface area contributed by atoms with Gasteiger partial charge in [0.25, 0.3) is 0 Å². The van der Waals surface area contributed by atoms with Gasteiger partial charge in [0.15, 0.2) is 17.9 Å². The second kappa shape index (κ2) is 20.9. The lowest BCUT2D eigenvalue weighted by molar-refractivity contribution is 0.255. The zero-order chi connectivity index (χ0) is 39.0. The van der Waals surface area contributed by atoms with Gasteiger partial charge in [-0.1, -0.05) is 27.5 Å². The number of hydrogen-bond donors (Lipinski definition) is 9. The second-order valence-electron chi connectivity index (χ2n) is 10.8. The van der Waals surface area contributed by atoms with E-state index in [-0.39, 0.29) is 23.7 Å². The second-order valence-corrected chi connectivity index (χ2v) is 12.2. The van der Waals surface area contributed by atoms with Gasteiger partial charge < -0.3 is 33.2 Å². The van der Waals surface area contributed by atoms with Crippen molar-refractivity contribution in [3.8, 4) is 0 Å². The molecule has 0 atom stereocenters. The van der Waals surface area contributed by atoms with E-state index >= 15 is 0 Å². The maximum absolute atomic E-state index is 13.0. The van der Waals surface area contributed by atoms with Crippen LogP contribution in [0.4, 0.5) is 35.8 Å². The Kier molecular flexibility index (Phi) is 17.9. The molecule has 276 valence electrons. The number of anilines is 3. The van der Waals surface area contributed by atoms with E-state index in [9.17, 15) is 18.8 Å². The smallest absolute Gasteiger partial charge is 0.326 e. The fourth-order valence-corrected chi connectivity index (χ4v) is 5.29. The van der Waals surface area contributed by atoms with Gasteiger partial charge in [0.05, 0.1) is 0 Å². The highest BCUT2D eigenvalue weighted by molar-refractivity contribution is 9.10. The molecule has 6 amide bonds. The summed E-state index contributed by atoms with van der Waals surface area (Å²) >= 11 is 9.30. The number of rotatable bonds is 3. The third-order valence-electron chi connectivity index (χ3n) is 6.66. The van der Waals surface area contributed by atoms with Crippen molar-refractivity contribution in [3.05, 3.63) is 85.1 Å². The third-order valence-corrected chi connectivity index (χ3v) is 7.33. The Morgan fingerprint density at radius 2 is 0.824 bits per heavy atom. The maximum atomic E-state index is 13.0. The highest BCUT2D eigenvalue weighted by atomic mass is 79.9. The minimum Gasteiger partial charge on any atom is -0.370 e. The number of nitrogens with two attached hydrogens (primary N) is 3. The molecule has 51 heavy (non-hydrogen) atoms. The number of urea groups is 3.